The number of thiophene rings is 1. The summed E-state index contributed by atoms with van der Waals surface area (Å²) in [5.74, 6) is 0.927. The van der Waals surface area contributed by atoms with Gasteiger partial charge in [0.15, 0.2) is 0 Å². The van der Waals surface area contributed by atoms with Gasteiger partial charge in [0.2, 0.25) is 0 Å². The zero-order valence-electron chi connectivity index (χ0n) is 11.2. The van der Waals surface area contributed by atoms with Crippen molar-refractivity contribution in [1.29, 1.82) is 0 Å². The SMILES string of the molecule is Cc1cccc2nc(C(C)Cl)n(Cc3sccc3Br)c12. The Morgan fingerprint density at radius 3 is 2.85 bits per heavy atom. The van der Waals surface area contributed by atoms with Gasteiger partial charge in [-0.05, 0) is 52.9 Å². The number of imidazole rings is 1. The summed E-state index contributed by atoms with van der Waals surface area (Å²) in [6.07, 6.45) is 0. The van der Waals surface area contributed by atoms with Gasteiger partial charge in [0.1, 0.15) is 5.82 Å². The first-order valence-electron chi connectivity index (χ1n) is 6.39. The van der Waals surface area contributed by atoms with E-state index in [1.807, 2.05) is 19.1 Å². The first-order chi connectivity index (χ1) is 9.58. The molecule has 20 heavy (non-hydrogen) atoms. The number of hydrogen-bond donors (Lipinski definition) is 0. The fraction of sp³-hybridized carbons (Fsp3) is 0.267. The molecule has 1 unspecified atom stereocenters. The van der Waals surface area contributed by atoms with Gasteiger partial charge in [0.25, 0.3) is 0 Å². The van der Waals surface area contributed by atoms with Gasteiger partial charge in [0.05, 0.1) is 23.0 Å². The van der Waals surface area contributed by atoms with Crippen molar-refractivity contribution in [2.75, 3.05) is 0 Å². The van der Waals surface area contributed by atoms with Gasteiger partial charge in [-0.25, -0.2) is 4.98 Å². The van der Waals surface area contributed by atoms with E-state index in [1.54, 1.807) is 11.3 Å². The van der Waals surface area contributed by atoms with E-state index in [-0.39, 0.29) is 5.38 Å². The second-order valence-corrected chi connectivity index (χ2v) is 7.32. The molecule has 2 aromatic heterocycles. The van der Waals surface area contributed by atoms with Crippen molar-refractivity contribution in [3.63, 3.8) is 0 Å². The average molecular weight is 370 g/mol. The monoisotopic (exact) mass is 368 g/mol. The van der Waals surface area contributed by atoms with E-state index in [0.29, 0.717) is 0 Å². The summed E-state index contributed by atoms with van der Waals surface area (Å²) in [6.45, 7) is 4.89. The third kappa shape index (κ3) is 2.41. The molecule has 0 N–H and O–H groups in total. The van der Waals surface area contributed by atoms with Crippen molar-refractivity contribution in [1.82, 2.24) is 9.55 Å². The van der Waals surface area contributed by atoms with Crippen LogP contribution in [0.25, 0.3) is 11.0 Å². The Kier molecular flexibility index (Phi) is 3.89. The number of para-hydroxylation sites is 1. The predicted molar refractivity (Wildman–Crippen MR) is 89.9 cm³/mol. The van der Waals surface area contributed by atoms with Crippen LogP contribution in [0.2, 0.25) is 0 Å². The van der Waals surface area contributed by atoms with Gasteiger partial charge < -0.3 is 4.57 Å². The number of hydrogen-bond acceptors (Lipinski definition) is 2. The van der Waals surface area contributed by atoms with Crippen LogP contribution in [0.4, 0.5) is 0 Å². The van der Waals surface area contributed by atoms with Crippen LogP contribution < -0.4 is 0 Å². The fourth-order valence-electron chi connectivity index (χ4n) is 2.43. The summed E-state index contributed by atoms with van der Waals surface area (Å²) < 4.78 is 3.38. The molecule has 0 saturated heterocycles. The molecule has 3 rings (SSSR count). The summed E-state index contributed by atoms with van der Waals surface area (Å²) >= 11 is 11.7. The second kappa shape index (κ2) is 5.51. The molecule has 3 aromatic rings. The molecule has 0 aliphatic rings. The Labute approximate surface area is 135 Å². The van der Waals surface area contributed by atoms with E-state index in [0.717, 1.165) is 22.4 Å². The third-order valence-corrected chi connectivity index (χ3v) is 5.45. The molecule has 0 amide bonds. The van der Waals surface area contributed by atoms with E-state index in [9.17, 15) is 0 Å². The molecule has 0 saturated carbocycles. The van der Waals surface area contributed by atoms with Crippen LogP contribution in [0.1, 0.15) is 28.6 Å². The summed E-state index contributed by atoms with van der Waals surface area (Å²) in [7, 11) is 0. The van der Waals surface area contributed by atoms with Gasteiger partial charge >= 0.3 is 0 Å². The molecule has 1 aromatic carbocycles. The maximum absolute atomic E-state index is 6.32. The van der Waals surface area contributed by atoms with Gasteiger partial charge in [-0.2, -0.15) is 0 Å². The summed E-state index contributed by atoms with van der Waals surface area (Å²) in [6, 6.07) is 8.28. The second-order valence-electron chi connectivity index (χ2n) is 4.81. The lowest BCUT2D eigenvalue weighted by Gasteiger charge is -2.11. The molecule has 1 atom stereocenters. The standard InChI is InChI=1S/C15H14BrClN2S/c1-9-4-3-5-12-14(9)19(15(18-12)10(2)17)8-13-11(16)6-7-20-13/h3-7,10H,8H2,1-2H3. The minimum absolute atomic E-state index is 0.111. The molecule has 5 heteroatoms. The van der Waals surface area contributed by atoms with Gasteiger partial charge in [-0.1, -0.05) is 12.1 Å². The van der Waals surface area contributed by atoms with Crippen LogP contribution in [0.15, 0.2) is 34.1 Å². The van der Waals surface area contributed by atoms with Crippen LogP contribution in [0.3, 0.4) is 0 Å². The van der Waals surface area contributed by atoms with Crippen LogP contribution in [-0.4, -0.2) is 9.55 Å². The predicted octanol–water partition coefficient (Wildman–Crippen LogP) is 5.52. The number of aryl methyl sites for hydroxylation is 1. The van der Waals surface area contributed by atoms with Gasteiger partial charge in [0, 0.05) is 9.35 Å². The van der Waals surface area contributed by atoms with Crippen LogP contribution in [0.5, 0.6) is 0 Å². The van der Waals surface area contributed by atoms with Crippen LogP contribution in [-0.2, 0) is 6.54 Å². The molecule has 0 fully saturated rings. The highest BCUT2D eigenvalue weighted by Gasteiger charge is 2.17. The zero-order chi connectivity index (χ0) is 14.3. The molecule has 0 spiro atoms. The minimum Gasteiger partial charge on any atom is -0.321 e. The maximum Gasteiger partial charge on any atom is 0.128 e. The van der Waals surface area contributed by atoms with E-state index >= 15 is 0 Å². The highest BCUT2D eigenvalue weighted by Crippen LogP contribution is 2.30. The Bertz CT molecular complexity index is 760. The quantitative estimate of drug-likeness (QED) is 0.556. The lowest BCUT2D eigenvalue weighted by molar-refractivity contribution is 0.747. The summed E-state index contributed by atoms with van der Waals surface area (Å²) in [4.78, 5) is 5.99. The minimum atomic E-state index is -0.111. The van der Waals surface area contributed by atoms with Crippen LogP contribution >= 0.6 is 38.9 Å². The smallest absolute Gasteiger partial charge is 0.128 e. The van der Waals surface area contributed by atoms with Gasteiger partial charge in [-0.15, -0.1) is 22.9 Å². The van der Waals surface area contributed by atoms with E-state index in [2.05, 4.69) is 44.9 Å². The maximum atomic E-state index is 6.32. The van der Waals surface area contributed by atoms with E-state index in [1.165, 1.54) is 16.0 Å². The largest absolute Gasteiger partial charge is 0.321 e. The van der Waals surface area contributed by atoms with E-state index < -0.39 is 0 Å². The zero-order valence-corrected chi connectivity index (χ0v) is 14.4. The van der Waals surface area contributed by atoms with Crippen molar-refractivity contribution in [3.05, 3.63) is 50.4 Å². The molecule has 0 aliphatic heterocycles. The number of fused-ring (bicyclic) bond motifs is 1. The van der Waals surface area contributed by atoms with Crippen molar-refractivity contribution in [2.45, 2.75) is 25.8 Å². The van der Waals surface area contributed by atoms with Crippen LogP contribution in [0, 0.1) is 6.92 Å². The van der Waals surface area contributed by atoms with Gasteiger partial charge in [-0.3, -0.25) is 0 Å². The molecule has 104 valence electrons. The van der Waals surface area contributed by atoms with Crippen molar-refractivity contribution in [2.24, 2.45) is 0 Å². The molecular formula is C15H14BrClN2S. The Balaban J connectivity index is 2.21. The Morgan fingerprint density at radius 1 is 1.40 bits per heavy atom. The first-order valence-corrected chi connectivity index (χ1v) is 8.50. The lowest BCUT2D eigenvalue weighted by Crippen LogP contribution is -2.05. The highest BCUT2D eigenvalue weighted by atomic mass is 79.9. The molecule has 0 radical (unpaired) electrons. The molecule has 2 nitrogen and oxygen atoms in total. The Hall–Kier alpha value is -0.840. The number of aromatic nitrogens is 2. The lowest BCUT2D eigenvalue weighted by atomic mass is 10.2. The highest BCUT2D eigenvalue weighted by molar-refractivity contribution is 9.10. The summed E-state index contributed by atoms with van der Waals surface area (Å²) in [5.41, 5.74) is 3.42. The summed E-state index contributed by atoms with van der Waals surface area (Å²) in [5, 5.41) is 1.98. The Morgan fingerprint density at radius 2 is 2.20 bits per heavy atom. The molecule has 2 heterocycles. The third-order valence-electron chi connectivity index (χ3n) is 3.35. The molecule has 0 aliphatic carbocycles. The number of alkyl halides is 1. The first kappa shape index (κ1) is 14.1. The number of benzene rings is 1. The normalized spacial score (nSPS) is 13.0. The van der Waals surface area contributed by atoms with Crippen molar-refractivity contribution < 1.29 is 0 Å². The van der Waals surface area contributed by atoms with E-state index in [4.69, 9.17) is 16.6 Å². The number of halogens is 2. The molecule has 0 bridgehead atoms. The number of nitrogens with zero attached hydrogens (tertiary/aromatic N) is 2. The average Bonchev–Trinajstić information content (AvgIpc) is 2.96. The van der Waals surface area contributed by atoms with Crippen molar-refractivity contribution >= 4 is 49.9 Å². The molecular weight excluding hydrogens is 356 g/mol. The topological polar surface area (TPSA) is 17.8 Å². The fourth-order valence-corrected chi connectivity index (χ4v) is 4.06. The number of rotatable bonds is 3. The van der Waals surface area contributed by atoms with Crippen molar-refractivity contribution in [3.8, 4) is 0 Å².